The molecular weight excluding hydrogens is 480 g/mol. The summed E-state index contributed by atoms with van der Waals surface area (Å²) >= 11 is 0. The molecule has 0 heteroatoms. The third kappa shape index (κ3) is 2.13. The summed E-state index contributed by atoms with van der Waals surface area (Å²) < 4.78 is 0. The average Bonchev–Trinajstić information content (AvgIpc) is 3.58. The lowest BCUT2D eigenvalue weighted by Gasteiger charge is -2.71. The van der Waals surface area contributed by atoms with Gasteiger partial charge in [0, 0.05) is 10.8 Å². The van der Waals surface area contributed by atoms with Crippen LogP contribution in [0.3, 0.4) is 0 Å². The number of hydrogen-bond donors (Lipinski definition) is 0. The van der Waals surface area contributed by atoms with E-state index in [9.17, 15) is 0 Å². The van der Waals surface area contributed by atoms with E-state index in [1.165, 1.54) is 0 Å². The van der Waals surface area contributed by atoms with E-state index in [0.29, 0.717) is 10.8 Å². The van der Waals surface area contributed by atoms with Crippen LogP contribution in [0.5, 0.6) is 0 Å². The number of fused-ring (bicyclic) bond motifs is 10. The lowest BCUT2D eigenvalue weighted by molar-refractivity contribution is -0.0835. The Hall–Kier alpha value is -1.04. The normalized spacial score (nSPS) is 55.8. The van der Waals surface area contributed by atoms with Crippen LogP contribution in [0.15, 0.2) is 44.6 Å². The van der Waals surface area contributed by atoms with Crippen LogP contribution >= 0.6 is 0 Å². The van der Waals surface area contributed by atoms with Crippen LogP contribution in [0.4, 0.5) is 0 Å². The average molecular weight is 531 g/mol. The first-order valence-corrected chi connectivity index (χ1v) is 18.8. The highest BCUT2D eigenvalue weighted by Gasteiger charge is 2.77. The number of allylic oxidation sites excluding steroid dienone is 8. The monoisotopic (exact) mass is 530 g/mol. The van der Waals surface area contributed by atoms with E-state index in [1.807, 2.05) is 0 Å². The van der Waals surface area contributed by atoms with Crippen molar-refractivity contribution in [3.05, 3.63) is 44.6 Å². The molecule has 40 heavy (non-hydrogen) atoms. The van der Waals surface area contributed by atoms with Crippen molar-refractivity contribution < 1.29 is 0 Å². The highest BCUT2D eigenvalue weighted by molar-refractivity contribution is 5.72. The minimum atomic E-state index is 0.471. The molecule has 0 aromatic rings. The van der Waals surface area contributed by atoms with E-state index in [-0.39, 0.29) is 0 Å². The molecule has 0 N–H and O–H groups in total. The van der Waals surface area contributed by atoms with E-state index in [0.717, 1.165) is 59.2 Å². The Morgan fingerprint density at radius 3 is 0.675 bits per heavy atom. The Labute approximate surface area is 242 Å². The van der Waals surface area contributed by atoms with Crippen LogP contribution in [0.1, 0.15) is 128 Å². The van der Waals surface area contributed by atoms with Crippen molar-refractivity contribution in [3.63, 3.8) is 0 Å². The molecule has 0 aromatic carbocycles. The molecule has 0 aromatic heterocycles. The molecule has 17 aliphatic carbocycles. The third-order valence-corrected chi connectivity index (χ3v) is 17.2. The molecule has 7 saturated carbocycles. The Bertz CT molecular complexity index is 1160. The lowest BCUT2D eigenvalue weighted by atomic mass is 9.32. The molecule has 0 atom stereocenters. The summed E-state index contributed by atoms with van der Waals surface area (Å²) in [4.78, 5) is 0. The van der Waals surface area contributed by atoms with Gasteiger partial charge in [0.25, 0.3) is 0 Å². The van der Waals surface area contributed by atoms with E-state index in [4.69, 9.17) is 0 Å². The molecular formula is C40H50. The molecule has 0 heterocycles. The highest BCUT2D eigenvalue weighted by atomic mass is 14.8. The summed E-state index contributed by atoms with van der Waals surface area (Å²) in [6.07, 6.45) is 31.2. The van der Waals surface area contributed by atoms with Gasteiger partial charge in [-0.2, -0.15) is 0 Å². The van der Waals surface area contributed by atoms with Gasteiger partial charge in [-0.05, 0) is 210 Å². The van der Waals surface area contributed by atoms with Crippen LogP contribution < -0.4 is 0 Å². The molecule has 0 saturated heterocycles. The lowest BCUT2D eigenvalue weighted by Crippen LogP contribution is -2.64. The fourth-order valence-corrected chi connectivity index (χ4v) is 16.7. The minimum Gasteiger partial charge on any atom is -0.0515 e. The SMILES string of the molecule is C1CC2CCC1C1=C2C2(C3=C1C1CCC3CC1)C1CCC(CC1)C21C2=C(C3=C1C1CCC3CC1)C1CCC2CC1. The molecule has 17 rings (SSSR count). The second kappa shape index (κ2) is 7.18. The summed E-state index contributed by atoms with van der Waals surface area (Å²) in [5, 5.41) is 0. The van der Waals surface area contributed by atoms with Crippen molar-refractivity contribution in [2.75, 3.05) is 0 Å². The number of hydrogen-bond acceptors (Lipinski definition) is 0. The molecule has 210 valence electrons. The molecule has 0 nitrogen and oxygen atoms in total. The molecule has 0 aliphatic heterocycles. The van der Waals surface area contributed by atoms with Crippen LogP contribution in [0.2, 0.25) is 0 Å². The zero-order chi connectivity index (χ0) is 25.5. The van der Waals surface area contributed by atoms with Gasteiger partial charge in [-0.15, -0.1) is 0 Å². The summed E-state index contributed by atoms with van der Waals surface area (Å²) in [5.74, 6) is 9.60. The smallest absolute Gasteiger partial charge is 0.0300 e. The zero-order valence-electron chi connectivity index (χ0n) is 24.9. The molecule has 0 unspecified atom stereocenters. The van der Waals surface area contributed by atoms with Crippen LogP contribution in [0.25, 0.3) is 0 Å². The highest BCUT2D eigenvalue weighted by Crippen LogP contribution is 2.86. The maximum Gasteiger partial charge on any atom is 0.0300 e. The van der Waals surface area contributed by atoms with Gasteiger partial charge in [0.1, 0.15) is 0 Å². The van der Waals surface area contributed by atoms with Gasteiger partial charge in [0.2, 0.25) is 0 Å². The fourth-order valence-electron chi connectivity index (χ4n) is 16.7. The van der Waals surface area contributed by atoms with Crippen molar-refractivity contribution in [2.24, 2.45) is 70.0 Å². The number of rotatable bonds is 0. The first-order valence-electron chi connectivity index (χ1n) is 18.8. The zero-order valence-corrected chi connectivity index (χ0v) is 24.9. The topological polar surface area (TPSA) is 0 Å². The minimum absolute atomic E-state index is 0.471. The molecule has 7 fully saturated rings. The van der Waals surface area contributed by atoms with Gasteiger partial charge in [0.05, 0.1) is 0 Å². The Morgan fingerprint density at radius 1 is 0.250 bits per heavy atom. The maximum atomic E-state index is 2.23. The van der Waals surface area contributed by atoms with Gasteiger partial charge in [-0.1, -0.05) is 22.3 Å². The quantitative estimate of drug-likeness (QED) is 0.292. The molecule has 0 radical (unpaired) electrons. The summed E-state index contributed by atoms with van der Waals surface area (Å²) in [7, 11) is 0. The molecule has 10 bridgehead atoms. The van der Waals surface area contributed by atoms with Gasteiger partial charge >= 0.3 is 0 Å². The summed E-state index contributed by atoms with van der Waals surface area (Å²) in [5.41, 5.74) is 18.4. The van der Waals surface area contributed by atoms with Gasteiger partial charge in [-0.25, -0.2) is 0 Å². The van der Waals surface area contributed by atoms with Gasteiger partial charge < -0.3 is 0 Å². The van der Waals surface area contributed by atoms with E-state index in [1.54, 1.807) is 128 Å². The van der Waals surface area contributed by atoms with Crippen molar-refractivity contribution >= 4 is 0 Å². The van der Waals surface area contributed by atoms with Gasteiger partial charge in [0.15, 0.2) is 0 Å². The van der Waals surface area contributed by atoms with Crippen LogP contribution in [-0.4, -0.2) is 0 Å². The predicted octanol–water partition coefficient (Wildman–Crippen LogP) is 10.3. The van der Waals surface area contributed by atoms with Crippen molar-refractivity contribution in [2.45, 2.75) is 128 Å². The maximum absolute atomic E-state index is 2.23. The Kier molecular flexibility index (Phi) is 4.04. The van der Waals surface area contributed by atoms with Crippen molar-refractivity contribution in [1.82, 2.24) is 0 Å². The van der Waals surface area contributed by atoms with Crippen molar-refractivity contribution in [3.8, 4) is 0 Å². The molecule has 0 amide bonds. The van der Waals surface area contributed by atoms with Crippen LogP contribution in [0, 0.1) is 70.0 Å². The second-order valence-corrected chi connectivity index (χ2v) is 17.7. The Morgan fingerprint density at radius 2 is 0.450 bits per heavy atom. The fraction of sp³-hybridized carbons (Fsp3) is 0.800. The predicted molar refractivity (Wildman–Crippen MR) is 160 cm³/mol. The second-order valence-electron chi connectivity index (χ2n) is 17.7. The van der Waals surface area contributed by atoms with E-state index < -0.39 is 0 Å². The van der Waals surface area contributed by atoms with Crippen molar-refractivity contribution in [1.29, 1.82) is 0 Å². The molecule has 2 spiro atoms. The summed E-state index contributed by atoms with van der Waals surface area (Å²) in [6.45, 7) is 0. The molecule has 17 aliphatic rings. The van der Waals surface area contributed by atoms with E-state index >= 15 is 0 Å². The largest absolute Gasteiger partial charge is 0.0515 e. The Balaban J connectivity index is 1.26. The standard InChI is InChI=1S/C40H50/c1-9-25-10-2-21(1)31-32-22-3-11-26(12-4-22)36(32)39(35(25)31)29-17-19-30(20-18-29)40(39)37-27-13-5-23(6-14-27)33(37)34-24-7-15-28(16-8-24)38(34)40/h21-30H,1-20H2. The van der Waals surface area contributed by atoms with E-state index in [2.05, 4.69) is 44.6 Å². The van der Waals surface area contributed by atoms with Crippen LogP contribution in [-0.2, 0) is 0 Å². The first kappa shape index (κ1) is 22.5. The van der Waals surface area contributed by atoms with Gasteiger partial charge in [-0.3, -0.25) is 0 Å². The summed E-state index contributed by atoms with van der Waals surface area (Å²) in [6, 6.07) is 0. The first-order chi connectivity index (χ1) is 19.8. The third-order valence-electron chi connectivity index (χ3n) is 17.2.